The largest absolute Gasteiger partial charge is 0.361 e. The van der Waals surface area contributed by atoms with Gasteiger partial charge in [-0.3, -0.25) is 4.79 Å². The molecule has 0 N–H and O–H groups in total. The number of hydrogen-bond acceptors (Lipinski definition) is 4. The number of aromatic nitrogens is 2. The maximum absolute atomic E-state index is 13.3. The Morgan fingerprint density at radius 1 is 0.857 bits per heavy atom. The van der Waals surface area contributed by atoms with Crippen molar-refractivity contribution in [2.75, 3.05) is 5.75 Å². The third-order valence-electron chi connectivity index (χ3n) is 4.44. The van der Waals surface area contributed by atoms with Gasteiger partial charge in [0.1, 0.15) is 0 Å². The van der Waals surface area contributed by atoms with Crippen LogP contribution in [0.2, 0.25) is 0 Å². The molecule has 1 aromatic heterocycles. The van der Waals surface area contributed by atoms with Gasteiger partial charge in [-0.25, -0.2) is 9.36 Å². The lowest BCUT2D eigenvalue weighted by Gasteiger charge is -2.15. The highest BCUT2D eigenvalue weighted by atomic mass is 32.2. The van der Waals surface area contributed by atoms with Gasteiger partial charge in [-0.2, -0.15) is 8.42 Å². The summed E-state index contributed by atoms with van der Waals surface area (Å²) < 4.78 is 33.1. The molecular formula is C21H24N2O4S. The summed E-state index contributed by atoms with van der Waals surface area (Å²) in [6, 6.07) is 18.3. The van der Waals surface area contributed by atoms with Crippen molar-refractivity contribution in [3.05, 3.63) is 76.6 Å². The van der Waals surface area contributed by atoms with Gasteiger partial charge in [-0.1, -0.05) is 49.7 Å². The van der Waals surface area contributed by atoms with Crippen LogP contribution in [0.1, 0.15) is 32.3 Å². The fourth-order valence-electron chi connectivity index (χ4n) is 2.96. The van der Waals surface area contributed by atoms with Gasteiger partial charge >= 0.3 is 10.1 Å². The van der Waals surface area contributed by atoms with Gasteiger partial charge in [-0.15, -0.1) is 0 Å². The molecule has 0 fully saturated rings. The fourth-order valence-corrected chi connectivity index (χ4v) is 3.49. The fraction of sp³-hybridized carbons (Fsp3) is 0.286. The first kappa shape index (κ1) is 19.9. The molecule has 0 bridgehead atoms. The monoisotopic (exact) mass is 400 g/mol. The Labute approximate surface area is 165 Å². The van der Waals surface area contributed by atoms with E-state index in [0.717, 1.165) is 12.8 Å². The lowest BCUT2D eigenvalue weighted by atomic mass is 10.1. The standard InChI is InChI=1S/C21H24N2O4S/c1-3-5-16-19-20(24)22(17-12-8-6-9-13-17)23(18-14-10-7-11-15-18)21(19)27-28(25,26)4-2/h6-15H,3-5,16H2,1-2H3. The highest BCUT2D eigenvalue weighted by Gasteiger charge is 2.26. The van der Waals surface area contributed by atoms with Crippen LogP contribution in [-0.4, -0.2) is 23.5 Å². The third-order valence-corrected chi connectivity index (χ3v) is 5.56. The van der Waals surface area contributed by atoms with Crippen molar-refractivity contribution in [3.8, 4) is 17.3 Å². The van der Waals surface area contributed by atoms with E-state index >= 15 is 0 Å². The number of unbranched alkanes of at least 4 members (excludes halogenated alkanes) is 1. The first-order valence-corrected chi connectivity index (χ1v) is 11.0. The average Bonchev–Trinajstić information content (AvgIpc) is 2.98. The quantitative estimate of drug-likeness (QED) is 0.541. The third kappa shape index (κ3) is 4.04. The summed E-state index contributed by atoms with van der Waals surface area (Å²) >= 11 is 0. The highest BCUT2D eigenvalue weighted by molar-refractivity contribution is 7.87. The maximum Gasteiger partial charge on any atom is 0.310 e. The van der Waals surface area contributed by atoms with E-state index in [4.69, 9.17) is 4.18 Å². The maximum atomic E-state index is 13.3. The predicted molar refractivity (Wildman–Crippen MR) is 110 cm³/mol. The Kier molecular flexibility index (Phi) is 6.04. The second kappa shape index (κ2) is 8.48. The SMILES string of the molecule is CCCCc1c(OS(=O)(=O)CC)n(-c2ccccc2)n(-c2ccccc2)c1=O. The second-order valence-corrected chi connectivity index (χ2v) is 8.28. The molecule has 0 unspecified atom stereocenters. The molecule has 3 aromatic rings. The summed E-state index contributed by atoms with van der Waals surface area (Å²) in [6.45, 7) is 3.54. The Morgan fingerprint density at radius 3 is 1.89 bits per heavy atom. The zero-order valence-electron chi connectivity index (χ0n) is 16.0. The summed E-state index contributed by atoms with van der Waals surface area (Å²) in [6.07, 6.45) is 2.07. The van der Waals surface area contributed by atoms with Crippen LogP contribution in [0.4, 0.5) is 0 Å². The number of rotatable bonds is 8. The first-order chi connectivity index (χ1) is 13.5. The van der Waals surface area contributed by atoms with Crippen LogP contribution < -0.4 is 9.74 Å². The van der Waals surface area contributed by atoms with E-state index in [1.807, 2.05) is 67.6 Å². The molecule has 0 radical (unpaired) electrons. The molecule has 0 atom stereocenters. The van der Waals surface area contributed by atoms with E-state index in [1.54, 1.807) is 4.68 Å². The molecule has 28 heavy (non-hydrogen) atoms. The van der Waals surface area contributed by atoms with E-state index in [0.29, 0.717) is 23.4 Å². The molecular weight excluding hydrogens is 376 g/mol. The van der Waals surface area contributed by atoms with Crippen molar-refractivity contribution in [2.24, 2.45) is 0 Å². The van der Waals surface area contributed by atoms with Crippen LogP contribution in [0.15, 0.2) is 65.5 Å². The molecule has 0 spiro atoms. The number of para-hydroxylation sites is 2. The zero-order valence-corrected chi connectivity index (χ0v) is 16.9. The molecule has 148 valence electrons. The summed E-state index contributed by atoms with van der Waals surface area (Å²) in [5, 5.41) is 0. The minimum Gasteiger partial charge on any atom is -0.361 e. The Balaban J connectivity index is 2.36. The molecule has 0 saturated heterocycles. The summed E-state index contributed by atoms with van der Waals surface area (Å²) in [5.41, 5.74) is 1.38. The van der Waals surface area contributed by atoms with Crippen molar-refractivity contribution in [1.29, 1.82) is 0 Å². The lowest BCUT2D eigenvalue weighted by molar-refractivity contribution is 0.457. The molecule has 1 heterocycles. The zero-order chi connectivity index (χ0) is 20.1. The molecule has 7 heteroatoms. The predicted octanol–water partition coefficient (Wildman–Crippen LogP) is 3.70. The van der Waals surface area contributed by atoms with Gasteiger partial charge in [0.15, 0.2) is 0 Å². The second-order valence-electron chi connectivity index (χ2n) is 6.42. The number of benzene rings is 2. The summed E-state index contributed by atoms with van der Waals surface area (Å²) in [7, 11) is -3.81. The molecule has 2 aromatic carbocycles. The molecule has 6 nitrogen and oxygen atoms in total. The van der Waals surface area contributed by atoms with Crippen molar-refractivity contribution in [1.82, 2.24) is 9.36 Å². The van der Waals surface area contributed by atoms with Crippen molar-refractivity contribution in [3.63, 3.8) is 0 Å². The van der Waals surface area contributed by atoms with Gasteiger partial charge in [0.05, 0.1) is 22.7 Å². The van der Waals surface area contributed by atoms with E-state index in [9.17, 15) is 13.2 Å². The molecule has 0 aliphatic heterocycles. The average molecular weight is 401 g/mol. The van der Waals surface area contributed by atoms with Crippen LogP contribution in [-0.2, 0) is 16.5 Å². The van der Waals surface area contributed by atoms with E-state index < -0.39 is 10.1 Å². The summed E-state index contributed by atoms with van der Waals surface area (Å²) in [4.78, 5) is 13.3. The van der Waals surface area contributed by atoms with E-state index in [2.05, 4.69) is 0 Å². The van der Waals surface area contributed by atoms with Crippen LogP contribution in [0, 0.1) is 0 Å². The molecule has 0 aliphatic carbocycles. The number of nitrogens with zero attached hydrogens (tertiary/aromatic N) is 2. The topological polar surface area (TPSA) is 70.3 Å². The summed E-state index contributed by atoms with van der Waals surface area (Å²) in [5.74, 6) is -0.116. The van der Waals surface area contributed by atoms with Gasteiger partial charge in [-0.05, 0) is 44.0 Å². The van der Waals surface area contributed by atoms with Gasteiger partial charge in [0.25, 0.3) is 5.56 Å². The van der Waals surface area contributed by atoms with E-state index in [-0.39, 0.29) is 17.2 Å². The minimum absolute atomic E-state index is 0.0651. The van der Waals surface area contributed by atoms with E-state index in [1.165, 1.54) is 11.6 Å². The molecule has 0 amide bonds. The van der Waals surface area contributed by atoms with Crippen molar-refractivity contribution in [2.45, 2.75) is 33.1 Å². The van der Waals surface area contributed by atoms with Crippen molar-refractivity contribution < 1.29 is 12.6 Å². The van der Waals surface area contributed by atoms with Gasteiger partial charge < -0.3 is 4.18 Å². The van der Waals surface area contributed by atoms with Crippen molar-refractivity contribution >= 4 is 10.1 Å². The van der Waals surface area contributed by atoms with Crippen LogP contribution >= 0.6 is 0 Å². The first-order valence-electron chi connectivity index (χ1n) is 9.38. The Morgan fingerprint density at radius 2 is 1.39 bits per heavy atom. The molecule has 0 saturated carbocycles. The van der Waals surface area contributed by atoms with Gasteiger partial charge in [0, 0.05) is 0 Å². The van der Waals surface area contributed by atoms with Crippen LogP contribution in [0.3, 0.4) is 0 Å². The lowest BCUT2D eigenvalue weighted by Crippen LogP contribution is -2.22. The Hall–Kier alpha value is -2.80. The highest BCUT2D eigenvalue weighted by Crippen LogP contribution is 2.27. The smallest absolute Gasteiger partial charge is 0.310 e. The molecule has 3 rings (SSSR count). The molecule has 0 aliphatic rings. The van der Waals surface area contributed by atoms with Crippen LogP contribution in [0.25, 0.3) is 11.4 Å². The number of hydrogen-bond donors (Lipinski definition) is 0. The van der Waals surface area contributed by atoms with Gasteiger partial charge in [0.2, 0.25) is 5.88 Å². The van der Waals surface area contributed by atoms with Crippen LogP contribution in [0.5, 0.6) is 5.88 Å². The Bertz CT molecular complexity index is 1080. The normalized spacial score (nSPS) is 11.5. The minimum atomic E-state index is -3.81.